The molecule has 1 N–H and O–H groups in total. The Bertz CT molecular complexity index is 320. The third-order valence-electron chi connectivity index (χ3n) is 3.39. The van der Waals surface area contributed by atoms with E-state index in [4.69, 9.17) is 4.74 Å². The van der Waals surface area contributed by atoms with E-state index in [2.05, 4.69) is 57.3 Å². The molecule has 0 fully saturated rings. The van der Waals surface area contributed by atoms with Crippen LogP contribution in [-0.4, -0.2) is 19.2 Å². The van der Waals surface area contributed by atoms with Gasteiger partial charge in [0, 0.05) is 6.04 Å². The standard InChI is InChI=1S/C16H27NO/c1-5-12-18-15-10-8-14(9-11-15)13(4)16(6-2)17-7-3/h8-11,13,16-17H,5-7,12H2,1-4H3. The molecule has 0 aromatic heterocycles. The summed E-state index contributed by atoms with van der Waals surface area (Å²) in [5.74, 6) is 1.51. The lowest BCUT2D eigenvalue weighted by Gasteiger charge is -2.24. The van der Waals surface area contributed by atoms with Gasteiger partial charge in [-0.1, -0.05) is 39.8 Å². The highest BCUT2D eigenvalue weighted by atomic mass is 16.5. The highest BCUT2D eigenvalue weighted by Gasteiger charge is 2.15. The summed E-state index contributed by atoms with van der Waals surface area (Å²) in [6.45, 7) is 10.6. The van der Waals surface area contributed by atoms with Gasteiger partial charge in [-0.05, 0) is 43.0 Å². The molecular formula is C16H27NO. The van der Waals surface area contributed by atoms with Crippen LogP contribution >= 0.6 is 0 Å². The van der Waals surface area contributed by atoms with E-state index < -0.39 is 0 Å². The number of ether oxygens (including phenoxy) is 1. The SMILES string of the molecule is CCCOc1ccc(C(C)C(CC)NCC)cc1. The largest absolute Gasteiger partial charge is 0.494 e. The molecule has 102 valence electrons. The van der Waals surface area contributed by atoms with Gasteiger partial charge in [0.15, 0.2) is 0 Å². The summed E-state index contributed by atoms with van der Waals surface area (Å²) >= 11 is 0. The Labute approximate surface area is 112 Å². The minimum absolute atomic E-state index is 0.537. The van der Waals surface area contributed by atoms with Gasteiger partial charge in [0.2, 0.25) is 0 Å². The second kappa shape index (κ2) is 8.15. The summed E-state index contributed by atoms with van der Waals surface area (Å²) in [6, 6.07) is 9.10. The lowest BCUT2D eigenvalue weighted by atomic mass is 9.91. The molecular weight excluding hydrogens is 222 g/mol. The van der Waals surface area contributed by atoms with Crippen LogP contribution in [-0.2, 0) is 0 Å². The van der Waals surface area contributed by atoms with Crippen molar-refractivity contribution in [1.29, 1.82) is 0 Å². The second-order valence-electron chi connectivity index (χ2n) is 4.78. The maximum absolute atomic E-state index is 5.61. The highest BCUT2D eigenvalue weighted by Crippen LogP contribution is 2.23. The van der Waals surface area contributed by atoms with Crippen LogP contribution in [0.25, 0.3) is 0 Å². The Hall–Kier alpha value is -1.02. The van der Waals surface area contributed by atoms with Crippen LogP contribution in [0.1, 0.15) is 52.0 Å². The number of hydrogen-bond donors (Lipinski definition) is 1. The minimum Gasteiger partial charge on any atom is -0.494 e. The Morgan fingerprint density at radius 3 is 2.28 bits per heavy atom. The first-order valence-electron chi connectivity index (χ1n) is 7.19. The van der Waals surface area contributed by atoms with Crippen LogP contribution in [0, 0.1) is 0 Å². The van der Waals surface area contributed by atoms with Gasteiger partial charge in [-0.25, -0.2) is 0 Å². The van der Waals surface area contributed by atoms with Crippen LogP contribution in [0.2, 0.25) is 0 Å². The summed E-state index contributed by atoms with van der Waals surface area (Å²) in [4.78, 5) is 0. The second-order valence-corrected chi connectivity index (χ2v) is 4.78. The van der Waals surface area contributed by atoms with E-state index in [1.54, 1.807) is 0 Å². The Morgan fingerprint density at radius 1 is 1.11 bits per heavy atom. The Morgan fingerprint density at radius 2 is 1.78 bits per heavy atom. The topological polar surface area (TPSA) is 21.3 Å². The number of likely N-dealkylation sites (N-methyl/N-ethyl adjacent to an activating group) is 1. The smallest absolute Gasteiger partial charge is 0.119 e. The van der Waals surface area contributed by atoms with Gasteiger partial charge in [-0.15, -0.1) is 0 Å². The van der Waals surface area contributed by atoms with Gasteiger partial charge < -0.3 is 10.1 Å². The van der Waals surface area contributed by atoms with Crippen molar-refractivity contribution in [3.63, 3.8) is 0 Å². The molecule has 0 aliphatic heterocycles. The summed E-state index contributed by atoms with van der Waals surface area (Å²) < 4.78 is 5.61. The normalized spacial score (nSPS) is 14.2. The van der Waals surface area contributed by atoms with Crippen molar-refractivity contribution in [2.24, 2.45) is 0 Å². The lowest BCUT2D eigenvalue weighted by Crippen LogP contribution is -2.32. The molecule has 0 heterocycles. The van der Waals surface area contributed by atoms with Gasteiger partial charge in [-0.2, -0.15) is 0 Å². The molecule has 0 radical (unpaired) electrons. The minimum atomic E-state index is 0.537. The predicted octanol–water partition coefficient (Wildman–Crippen LogP) is 3.97. The van der Waals surface area contributed by atoms with Crippen LogP contribution in [0.3, 0.4) is 0 Å². The third-order valence-corrected chi connectivity index (χ3v) is 3.39. The van der Waals surface area contributed by atoms with Crippen LogP contribution < -0.4 is 10.1 Å². The zero-order chi connectivity index (χ0) is 13.4. The van der Waals surface area contributed by atoms with Crippen molar-refractivity contribution in [3.8, 4) is 5.75 Å². The monoisotopic (exact) mass is 249 g/mol. The zero-order valence-corrected chi connectivity index (χ0v) is 12.2. The van der Waals surface area contributed by atoms with Crippen LogP contribution in [0.15, 0.2) is 24.3 Å². The summed E-state index contributed by atoms with van der Waals surface area (Å²) in [6.07, 6.45) is 2.21. The molecule has 2 nitrogen and oxygen atoms in total. The molecule has 1 aromatic rings. The summed E-state index contributed by atoms with van der Waals surface area (Å²) in [5.41, 5.74) is 1.38. The third kappa shape index (κ3) is 4.34. The maximum atomic E-state index is 5.61. The van der Waals surface area contributed by atoms with E-state index in [0.29, 0.717) is 12.0 Å². The first-order valence-corrected chi connectivity index (χ1v) is 7.19. The summed E-state index contributed by atoms with van der Waals surface area (Å²) in [7, 11) is 0. The molecule has 2 unspecified atom stereocenters. The van der Waals surface area contributed by atoms with Crippen molar-refractivity contribution < 1.29 is 4.74 Å². The fourth-order valence-corrected chi connectivity index (χ4v) is 2.26. The van der Waals surface area contributed by atoms with E-state index in [1.807, 2.05) is 0 Å². The predicted molar refractivity (Wildman–Crippen MR) is 78.4 cm³/mol. The number of hydrogen-bond acceptors (Lipinski definition) is 2. The fraction of sp³-hybridized carbons (Fsp3) is 0.625. The fourth-order valence-electron chi connectivity index (χ4n) is 2.26. The van der Waals surface area contributed by atoms with E-state index in [1.165, 1.54) is 5.56 Å². The molecule has 0 spiro atoms. The molecule has 0 aliphatic carbocycles. The van der Waals surface area contributed by atoms with Crippen molar-refractivity contribution in [3.05, 3.63) is 29.8 Å². The Kier molecular flexibility index (Phi) is 6.81. The van der Waals surface area contributed by atoms with Crippen molar-refractivity contribution >= 4 is 0 Å². The average molecular weight is 249 g/mol. The molecule has 0 saturated heterocycles. The molecule has 0 aliphatic rings. The molecule has 1 aromatic carbocycles. The molecule has 1 rings (SSSR count). The quantitative estimate of drug-likeness (QED) is 0.753. The number of benzene rings is 1. The zero-order valence-electron chi connectivity index (χ0n) is 12.2. The van der Waals surface area contributed by atoms with Gasteiger partial charge in [-0.3, -0.25) is 0 Å². The molecule has 2 atom stereocenters. The molecule has 0 amide bonds. The molecule has 0 bridgehead atoms. The van der Waals surface area contributed by atoms with Crippen LogP contribution in [0.4, 0.5) is 0 Å². The average Bonchev–Trinajstić information content (AvgIpc) is 2.42. The maximum Gasteiger partial charge on any atom is 0.119 e. The number of nitrogens with one attached hydrogen (secondary N) is 1. The van der Waals surface area contributed by atoms with E-state index >= 15 is 0 Å². The van der Waals surface area contributed by atoms with E-state index in [0.717, 1.165) is 31.7 Å². The van der Waals surface area contributed by atoms with Crippen molar-refractivity contribution in [1.82, 2.24) is 5.32 Å². The van der Waals surface area contributed by atoms with Crippen molar-refractivity contribution in [2.45, 2.75) is 52.5 Å². The van der Waals surface area contributed by atoms with Gasteiger partial charge in [0.05, 0.1) is 6.61 Å². The van der Waals surface area contributed by atoms with Gasteiger partial charge >= 0.3 is 0 Å². The molecule has 2 heteroatoms. The summed E-state index contributed by atoms with van der Waals surface area (Å²) in [5, 5.41) is 3.55. The lowest BCUT2D eigenvalue weighted by molar-refractivity contribution is 0.317. The first-order chi connectivity index (χ1) is 8.72. The van der Waals surface area contributed by atoms with Gasteiger partial charge in [0.25, 0.3) is 0 Å². The van der Waals surface area contributed by atoms with Gasteiger partial charge in [0.1, 0.15) is 5.75 Å². The number of rotatable bonds is 8. The highest BCUT2D eigenvalue weighted by molar-refractivity contribution is 5.30. The molecule has 0 saturated carbocycles. The Balaban J connectivity index is 2.65. The first kappa shape index (κ1) is 15.0. The van der Waals surface area contributed by atoms with Crippen LogP contribution in [0.5, 0.6) is 5.75 Å². The van der Waals surface area contributed by atoms with E-state index in [-0.39, 0.29) is 0 Å². The molecule has 18 heavy (non-hydrogen) atoms. The van der Waals surface area contributed by atoms with E-state index in [9.17, 15) is 0 Å². The van der Waals surface area contributed by atoms with Crippen molar-refractivity contribution in [2.75, 3.05) is 13.2 Å².